The highest BCUT2D eigenvalue weighted by molar-refractivity contribution is 7.91. The number of benzene rings is 1. The van der Waals surface area contributed by atoms with E-state index < -0.39 is 9.84 Å². The van der Waals surface area contributed by atoms with Gasteiger partial charge in [-0.05, 0) is 42.3 Å². The van der Waals surface area contributed by atoms with Crippen LogP contribution in [0, 0.1) is 5.92 Å². The van der Waals surface area contributed by atoms with Crippen LogP contribution in [0.1, 0.15) is 25.2 Å². The van der Waals surface area contributed by atoms with Crippen molar-refractivity contribution < 1.29 is 17.7 Å². The molecule has 1 saturated heterocycles. The Morgan fingerprint density at radius 1 is 1.23 bits per heavy atom. The predicted molar refractivity (Wildman–Crippen MR) is 114 cm³/mol. The molecule has 0 bridgehead atoms. The van der Waals surface area contributed by atoms with Crippen LogP contribution >= 0.6 is 11.3 Å². The molecule has 1 aliphatic heterocycles. The van der Waals surface area contributed by atoms with E-state index in [-0.39, 0.29) is 28.9 Å². The highest BCUT2D eigenvalue weighted by Gasteiger charge is 2.26. The van der Waals surface area contributed by atoms with E-state index in [0.29, 0.717) is 31.2 Å². The molecule has 2 aromatic heterocycles. The lowest BCUT2D eigenvalue weighted by Crippen LogP contribution is -2.41. The Balaban J connectivity index is 1.32. The highest BCUT2D eigenvalue weighted by atomic mass is 32.2. The van der Waals surface area contributed by atoms with Gasteiger partial charge in [0.05, 0.1) is 10.6 Å². The van der Waals surface area contributed by atoms with Crippen molar-refractivity contribution in [2.45, 2.75) is 30.6 Å². The monoisotopic (exact) mass is 445 g/mol. The summed E-state index contributed by atoms with van der Waals surface area (Å²) in [5.41, 5.74) is 0.940. The van der Waals surface area contributed by atoms with Crippen LogP contribution in [-0.2, 0) is 21.1 Å². The minimum absolute atomic E-state index is 0.00713. The maximum Gasteiger partial charge on any atom is 0.227 e. The van der Waals surface area contributed by atoms with Gasteiger partial charge in [0, 0.05) is 36.9 Å². The van der Waals surface area contributed by atoms with Crippen molar-refractivity contribution in [1.82, 2.24) is 15.0 Å². The van der Waals surface area contributed by atoms with Gasteiger partial charge in [-0.2, -0.15) is 16.3 Å². The molecule has 30 heavy (non-hydrogen) atoms. The minimum atomic E-state index is -3.45. The molecule has 1 fully saturated rings. The third kappa shape index (κ3) is 4.96. The standard InChI is InChI=1S/C21H23N3O4S2/c25-20(9-12-30(26,27)18-6-2-1-3-7-18)24-10-4-5-16(14-24)13-19-22-21(23-28-19)17-8-11-29-15-17/h1-3,6-8,11,15-16H,4-5,9-10,12-14H2/t16-/m0/s1. The third-order valence-corrected chi connectivity index (χ3v) is 7.68. The molecule has 0 spiro atoms. The molecule has 7 nitrogen and oxygen atoms in total. The van der Waals surface area contributed by atoms with Gasteiger partial charge >= 0.3 is 0 Å². The van der Waals surface area contributed by atoms with Gasteiger partial charge in [-0.25, -0.2) is 8.42 Å². The largest absolute Gasteiger partial charge is 0.342 e. The lowest BCUT2D eigenvalue weighted by molar-refractivity contribution is -0.132. The molecule has 1 aromatic carbocycles. The Hall–Kier alpha value is -2.52. The van der Waals surface area contributed by atoms with Crippen molar-refractivity contribution in [3.8, 4) is 11.4 Å². The second-order valence-electron chi connectivity index (χ2n) is 7.46. The van der Waals surface area contributed by atoms with Crippen LogP contribution in [0.4, 0.5) is 0 Å². The predicted octanol–water partition coefficient (Wildman–Crippen LogP) is 3.44. The first-order chi connectivity index (χ1) is 14.5. The zero-order valence-corrected chi connectivity index (χ0v) is 18.1. The van der Waals surface area contributed by atoms with Gasteiger partial charge in [-0.3, -0.25) is 4.79 Å². The number of sulfone groups is 1. The Bertz CT molecular complexity index is 1080. The lowest BCUT2D eigenvalue weighted by atomic mass is 9.94. The number of carbonyl (C=O) groups excluding carboxylic acids is 1. The summed E-state index contributed by atoms with van der Waals surface area (Å²) < 4.78 is 30.2. The highest BCUT2D eigenvalue weighted by Crippen LogP contribution is 2.24. The molecular formula is C21H23N3O4S2. The molecular weight excluding hydrogens is 422 g/mol. The molecule has 3 heterocycles. The van der Waals surface area contributed by atoms with Gasteiger partial charge in [0.1, 0.15) is 0 Å². The van der Waals surface area contributed by atoms with Crippen LogP contribution in [0.5, 0.6) is 0 Å². The normalized spacial score (nSPS) is 17.2. The molecule has 1 amide bonds. The van der Waals surface area contributed by atoms with Gasteiger partial charge in [-0.15, -0.1) is 0 Å². The summed E-state index contributed by atoms with van der Waals surface area (Å²) in [4.78, 5) is 19.1. The van der Waals surface area contributed by atoms with E-state index in [1.165, 1.54) is 0 Å². The van der Waals surface area contributed by atoms with Crippen molar-refractivity contribution in [2.75, 3.05) is 18.8 Å². The van der Waals surface area contributed by atoms with Gasteiger partial charge in [-0.1, -0.05) is 23.4 Å². The first-order valence-electron chi connectivity index (χ1n) is 9.92. The van der Waals surface area contributed by atoms with E-state index in [1.54, 1.807) is 46.6 Å². The molecule has 1 aliphatic rings. The Kier molecular flexibility index (Phi) is 6.29. The van der Waals surface area contributed by atoms with Crippen molar-refractivity contribution in [1.29, 1.82) is 0 Å². The SMILES string of the molecule is O=C(CCS(=O)(=O)c1ccccc1)N1CCC[C@@H](Cc2nc(-c3ccsc3)no2)C1. The number of carbonyl (C=O) groups is 1. The Labute approximate surface area is 179 Å². The molecule has 158 valence electrons. The van der Waals surface area contributed by atoms with E-state index >= 15 is 0 Å². The number of hydrogen-bond donors (Lipinski definition) is 0. The van der Waals surface area contributed by atoms with Crippen LogP contribution in [0.3, 0.4) is 0 Å². The quantitative estimate of drug-likeness (QED) is 0.553. The van der Waals surface area contributed by atoms with Crippen LogP contribution in [0.25, 0.3) is 11.4 Å². The number of thiophene rings is 1. The third-order valence-electron chi connectivity index (χ3n) is 5.27. The fourth-order valence-corrected chi connectivity index (χ4v) is 5.56. The van der Waals surface area contributed by atoms with E-state index in [9.17, 15) is 13.2 Å². The van der Waals surface area contributed by atoms with Crippen molar-refractivity contribution in [3.63, 3.8) is 0 Å². The van der Waals surface area contributed by atoms with E-state index in [1.807, 2.05) is 16.8 Å². The van der Waals surface area contributed by atoms with Gasteiger partial charge in [0.25, 0.3) is 0 Å². The number of likely N-dealkylation sites (tertiary alicyclic amines) is 1. The van der Waals surface area contributed by atoms with E-state index in [2.05, 4.69) is 10.1 Å². The molecule has 4 rings (SSSR count). The summed E-state index contributed by atoms with van der Waals surface area (Å²) in [5, 5.41) is 7.97. The second-order valence-corrected chi connectivity index (χ2v) is 10.3. The zero-order chi connectivity index (χ0) is 21.0. The maximum atomic E-state index is 12.6. The smallest absolute Gasteiger partial charge is 0.227 e. The average Bonchev–Trinajstić information content (AvgIpc) is 3.45. The topological polar surface area (TPSA) is 93.4 Å². The maximum absolute atomic E-state index is 12.6. The van der Waals surface area contributed by atoms with Crippen molar-refractivity contribution in [2.24, 2.45) is 5.92 Å². The van der Waals surface area contributed by atoms with Gasteiger partial charge in [0.2, 0.25) is 17.6 Å². The lowest BCUT2D eigenvalue weighted by Gasteiger charge is -2.32. The Morgan fingerprint density at radius 3 is 2.83 bits per heavy atom. The summed E-state index contributed by atoms with van der Waals surface area (Å²) in [6, 6.07) is 10.2. The Morgan fingerprint density at radius 2 is 2.07 bits per heavy atom. The number of aromatic nitrogens is 2. The molecule has 0 N–H and O–H groups in total. The van der Waals surface area contributed by atoms with Crippen LogP contribution in [0.15, 0.2) is 56.6 Å². The minimum Gasteiger partial charge on any atom is -0.342 e. The molecule has 0 aliphatic carbocycles. The molecule has 0 unspecified atom stereocenters. The first-order valence-corrected chi connectivity index (χ1v) is 12.5. The number of amides is 1. The molecule has 1 atom stereocenters. The summed E-state index contributed by atoms with van der Waals surface area (Å²) in [6.07, 6.45) is 2.46. The van der Waals surface area contributed by atoms with Gasteiger partial charge < -0.3 is 9.42 Å². The van der Waals surface area contributed by atoms with Crippen molar-refractivity contribution in [3.05, 3.63) is 53.0 Å². The van der Waals surface area contributed by atoms with Crippen LogP contribution in [0.2, 0.25) is 0 Å². The fraction of sp³-hybridized carbons (Fsp3) is 0.381. The molecule has 0 radical (unpaired) electrons. The summed E-state index contributed by atoms with van der Waals surface area (Å²) in [5.74, 6) is 1.08. The summed E-state index contributed by atoms with van der Waals surface area (Å²) in [7, 11) is -3.45. The summed E-state index contributed by atoms with van der Waals surface area (Å²) in [6.45, 7) is 1.24. The van der Waals surface area contributed by atoms with Crippen LogP contribution in [-0.4, -0.2) is 48.2 Å². The number of piperidine rings is 1. The van der Waals surface area contributed by atoms with E-state index in [4.69, 9.17) is 4.52 Å². The zero-order valence-electron chi connectivity index (χ0n) is 16.4. The molecule has 3 aromatic rings. The number of hydrogen-bond acceptors (Lipinski definition) is 7. The van der Waals surface area contributed by atoms with E-state index in [0.717, 1.165) is 18.4 Å². The number of nitrogens with zero attached hydrogens (tertiary/aromatic N) is 3. The molecule has 0 saturated carbocycles. The van der Waals surface area contributed by atoms with Crippen LogP contribution < -0.4 is 0 Å². The average molecular weight is 446 g/mol. The fourth-order valence-electron chi connectivity index (χ4n) is 3.68. The second kappa shape index (κ2) is 9.09. The van der Waals surface area contributed by atoms with Gasteiger partial charge in [0.15, 0.2) is 9.84 Å². The summed E-state index contributed by atoms with van der Waals surface area (Å²) >= 11 is 1.58. The number of rotatable bonds is 7. The van der Waals surface area contributed by atoms with Crippen molar-refractivity contribution >= 4 is 27.1 Å². The first kappa shape index (κ1) is 20.7. The molecule has 9 heteroatoms.